The van der Waals surface area contributed by atoms with Crippen LogP contribution in [0.15, 0.2) is 49.9 Å². The highest BCUT2D eigenvalue weighted by atomic mass is 32.2. The molecule has 2 aromatic heterocycles. The quantitative estimate of drug-likeness (QED) is 0.566. The predicted octanol–water partition coefficient (Wildman–Crippen LogP) is 3.27. The van der Waals surface area contributed by atoms with Crippen LogP contribution in [0.5, 0.6) is 0 Å². The summed E-state index contributed by atoms with van der Waals surface area (Å²) in [4.78, 5) is 23.9. The molecule has 0 aliphatic carbocycles. The number of aromatic nitrogens is 2. The summed E-state index contributed by atoms with van der Waals surface area (Å²) in [7, 11) is 0. The number of amides is 1. The van der Waals surface area contributed by atoms with E-state index < -0.39 is 17.3 Å². The summed E-state index contributed by atoms with van der Waals surface area (Å²) >= 11 is 2.60. The Morgan fingerprint density at radius 3 is 2.79 bits per heavy atom. The Bertz CT molecular complexity index is 955. The number of hydrogen-bond acceptors (Lipinski definition) is 7. The molecule has 3 aromatic rings. The van der Waals surface area contributed by atoms with Gasteiger partial charge in [-0.3, -0.25) is 10.1 Å². The van der Waals surface area contributed by atoms with Crippen LogP contribution in [0.2, 0.25) is 0 Å². The summed E-state index contributed by atoms with van der Waals surface area (Å²) in [6.07, 6.45) is 1.84. The molecule has 122 valence electrons. The van der Waals surface area contributed by atoms with Gasteiger partial charge in [0.2, 0.25) is 5.13 Å². The summed E-state index contributed by atoms with van der Waals surface area (Å²) in [5, 5.41) is 10.5. The van der Waals surface area contributed by atoms with Gasteiger partial charge in [0.25, 0.3) is 5.91 Å². The molecule has 0 radical (unpaired) electrons. The number of rotatable bonds is 4. The van der Waals surface area contributed by atoms with Crippen molar-refractivity contribution in [1.82, 2.24) is 10.2 Å². The monoisotopic (exact) mass is 363 g/mol. The third-order valence-electron chi connectivity index (χ3n) is 2.95. The highest BCUT2D eigenvalue weighted by Crippen LogP contribution is 2.24. The van der Waals surface area contributed by atoms with Crippen LogP contribution < -0.4 is 10.9 Å². The van der Waals surface area contributed by atoms with Crippen LogP contribution >= 0.6 is 23.1 Å². The Morgan fingerprint density at radius 2 is 2.08 bits per heavy atom. The number of hydrogen-bond donors (Lipinski definition) is 1. The van der Waals surface area contributed by atoms with Gasteiger partial charge >= 0.3 is 5.63 Å². The number of halogens is 1. The lowest BCUT2D eigenvalue weighted by Gasteiger charge is -2.04. The van der Waals surface area contributed by atoms with Crippen LogP contribution in [0.3, 0.4) is 0 Å². The predicted molar refractivity (Wildman–Crippen MR) is 90.0 cm³/mol. The standard InChI is InChI=1S/C15H10FN3O3S2/c1-23-15-19-18-14(24-15)17-13(21)11-6-9(7-12(20)22-11)8-3-2-4-10(16)5-8/h2-7H,1H3,(H,17,18,21). The van der Waals surface area contributed by atoms with E-state index in [0.717, 1.165) is 0 Å². The zero-order valence-corrected chi connectivity index (χ0v) is 13.9. The molecule has 1 aromatic carbocycles. The number of anilines is 1. The number of nitrogens with zero attached hydrogens (tertiary/aromatic N) is 2. The molecule has 0 saturated heterocycles. The fourth-order valence-electron chi connectivity index (χ4n) is 1.93. The maximum atomic E-state index is 13.3. The van der Waals surface area contributed by atoms with E-state index in [9.17, 15) is 14.0 Å². The number of carbonyl (C=O) groups excluding carboxylic acids is 1. The maximum absolute atomic E-state index is 13.3. The lowest BCUT2D eigenvalue weighted by Crippen LogP contribution is -2.14. The first-order chi connectivity index (χ1) is 11.5. The number of benzene rings is 1. The van der Waals surface area contributed by atoms with Crippen LogP contribution in [0.25, 0.3) is 11.1 Å². The van der Waals surface area contributed by atoms with Gasteiger partial charge in [0.05, 0.1) is 0 Å². The molecule has 0 bridgehead atoms. The minimum atomic E-state index is -0.705. The molecule has 9 heteroatoms. The Kier molecular flexibility index (Phi) is 4.72. The summed E-state index contributed by atoms with van der Waals surface area (Å²) in [5.74, 6) is -1.26. The van der Waals surface area contributed by atoms with Gasteiger partial charge in [-0.15, -0.1) is 10.2 Å². The van der Waals surface area contributed by atoms with Crippen molar-refractivity contribution in [3.05, 3.63) is 58.4 Å². The summed E-state index contributed by atoms with van der Waals surface area (Å²) in [6, 6.07) is 8.29. The second-order valence-electron chi connectivity index (χ2n) is 4.57. The number of nitrogens with one attached hydrogen (secondary N) is 1. The second-order valence-corrected chi connectivity index (χ2v) is 6.60. The lowest BCUT2D eigenvalue weighted by atomic mass is 10.1. The van der Waals surface area contributed by atoms with Gasteiger partial charge in [0.15, 0.2) is 10.1 Å². The molecule has 6 nitrogen and oxygen atoms in total. The minimum Gasteiger partial charge on any atom is -0.417 e. The van der Waals surface area contributed by atoms with Crippen molar-refractivity contribution in [2.75, 3.05) is 11.6 Å². The lowest BCUT2D eigenvalue weighted by molar-refractivity contribution is 0.0992. The molecular formula is C15H10FN3O3S2. The van der Waals surface area contributed by atoms with Crippen molar-refractivity contribution in [1.29, 1.82) is 0 Å². The number of thioether (sulfide) groups is 1. The molecule has 1 N–H and O–H groups in total. The molecule has 0 saturated carbocycles. The molecule has 3 rings (SSSR count). The van der Waals surface area contributed by atoms with Gasteiger partial charge in [-0.05, 0) is 35.6 Å². The normalized spacial score (nSPS) is 10.6. The van der Waals surface area contributed by atoms with E-state index in [4.69, 9.17) is 4.42 Å². The first-order valence-electron chi connectivity index (χ1n) is 6.65. The molecule has 0 unspecified atom stereocenters. The first-order valence-corrected chi connectivity index (χ1v) is 8.69. The Hall–Kier alpha value is -2.52. The fourth-order valence-corrected chi connectivity index (χ4v) is 3.09. The topological polar surface area (TPSA) is 85.1 Å². The molecular weight excluding hydrogens is 353 g/mol. The highest BCUT2D eigenvalue weighted by Gasteiger charge is 2.15. The van der Waals surface area contributed by atoms with Crippen LogP contribution in [0, 0.1) is 5.82 Å². The SMILES string of the molecule is CSc1nnc(NC(=O)c2cc(-c3cccc(F)c3)cc(=O)o2)s1. The molecule has 0 atom stereocenters. The van der Waals surface area contributed by atoms with E-state index in [-0.39, 0.29) is 5.76 Å². The Labute approximate surface area is 143 Å². The van der Waals surface area contributed by atoms with Gasteiger partial charge in [-0.1, -0.05) is 35.2 Å². The van der Waals surface area contributed by atoms with Crippen LogP contribution in [-0.2, 0) is 0 Å². The Morgan fingerprint density at radius 1 is 1.25 bits per heavy atom. The summed E-state index contributed by atoms with van der Waals surface area (Å²) < 4.78 is 19.0. The van der Waals surface area contributed by atoms with E-state index in [1.807, 2.05) is 6.26 Å². The molecule has 0 spiro atoms. The zero-order chi connectivity index (χ0) is 17.1. The largest absolute Gasteiger partial charge is 0.417 e. The zero-order valence-electron chi connectivity index (χ0n) is 12.3. The third-order valence-corrected chi connectivity index (χ3v) is 4.77. The van der Waals surface area contributed by atoms with Crippen LogP contribution in [0.4, 0.5) is 9.52 Å². The molecule has 0 aliphatic heterocycles. The smallest absolute Gasteiger partial charge is 0.336 e. The minimum absolute atomic E-state index is 0.192. The molecule has 0 aliphatic rings. The van der Waals surface area contributed by atoms with Crippen molar-refractivity contribution in [2.45, 2.75) is 4.34 Å². The van der Waals surface area contributed by atoms with Crippen molar-refractivity contribution >= 4 is 34.1 Å². The van der Waals surface area contributed by atoms with Gasteiger partial charge in [-0.2, -0.15) is 0 Å². The van der Waals surface area contributed by atoms with E-state index in [1.165, 1.54) is 53.4 Å². The van der Waals surface area contributed by atoms with Crippen molar-refractivity contribution in [3.8, 4) is 11.1 Å². The van der Waals surface area contributed by atoms with Gasteiger partial charge < -0.3 is 4.42 Å². The van der Waals surface area contributed by atoms with Gasteiger partial charge in [0, 0.05) is 6.07 Å². The van der Waals surface area contributed by atoms with E-state index in [1.54, 1.807) is 6.07 Å². The number of carbonyl (C=O) groups is 1. The second kappa shape index (κ2) is 6.93. The van der Waals surface area contributed by atoms with E-state index in [0.29, 0.717) is 20.6 Å². The van der Waals surface area contributed by atoms with Crippen molar-refractivity contribution in [2.24, 2.45) is 0 Å². The van der Waals surface area contributed by atoms with Crippen LogP contribution in [0.1, 0.15) is 10.6 Å². The van der Waals surface area contributed by atoms with E-state index >= 15 is 0 Å². The van der Waals surface area contributed by atoms with Crippen molar-refractivity contribution < 1.29 is 13.6 Å². The van der Waals surface area contributed by atoms with Gasteiger partial charge in [0.1, 0.15) is 5.82 Å². The molecule has 2 heterocycles. The average Bonchev–Trinajstić information content (AvgIpc) is 3.02. The first kappa shape index (κ1) is 16.3. The Balaban J connectivity index is 1.90. The fraction of sp³-hybridized carbons (Fsp3) is 0.0667. The summed E-state index contributed by atoms with van der Waals surface area (Å²) in [6.45, 7) is 0. The third kappa shape index (κ3) is 3.69. The van der Waals surface area contributed by atoms with Crippen molar-refractivity contribution in [3.63, 3.8) is 0 Å². The average molecular weight is 363 g/mol. The van der Waals surface area contributed by atoms with Crippen LogP contribution in [-0.4, -0.2) is 22.4 Å². The summed E-state index contributed by atoms with van der Waals surface area (Å²) in [5.41, 5.74) is 0.152. The highest BCUT2D eigenvalue weighted by molar-refractivity contribution is 8.00. The molecule has 0 fully saturated rings. The maximum Gasteiger partial charge on any atom is 0.336 e. The van der Waals surface area contributed by atoms with Gasteiger partial charge in [-0.25, -0.2) is 9.18 Å². The van der Waals surface area contributed by atoms with E-state index in [2.05, 4.69) is 15.5 Å². The molecule has 24 heavy (non-hydrogen) atoms. The molecule has 1 amide bonds.